The van der Waals surface area contributed by atoms with Gasteiger partial charge in [0.05, 0.1) is 29.8 Å². The highest BCUT2D eigenvalue weighted by Gasteiger charge is 2.33. The molecule has 1 aromatic carbocycles. The molecule has 1 aromatic heterocycles. The lowest BCUT2D eigenvalue weighted by Crippen LogP contribution is -2.24. The number of amides is 1. The normalized spacial score (nSPS) is 12.5. The van der Waals surface area contributed by atoms with Crippen molar-refractivity contribution in [1.82, 2.24) is 10.3 Å². The van der Waals surface area contributed by atoms with Crippen molar-refractivity contribution in [2.75, 3.05) is 12.4 Å². The first-order valence-corrected chi connectivity index (χ1v) is 10.4. The number of hydrogen-bond acceptors (Lipinski definition) is 5. The second-order valence-corrected chi connectivity index (χ2v) is 7.47. The smallest absolute Gasteiger partial charge is 0.417 e. The maximum absolute atomic E-state index is 13.0. The molecule has 2 rings (SSSR count). The summed E-state index contributed by atoms with van der Waals surface area (Å²) in [6, 6.07) is 3.51. The molecule has 2 aromatic rings. The highest BCUT2D eigenvalue weighted by atomic mass is 35.5. The van der Waals surface area contributed by atoms with Crippen molar-refractivity contribution in [2.24, 2.45) is 0 Å². The number of rotatable bonds is 9. The van der Waals surface area contributed by atoms with Crippen molar-refractivity contribution in [3.63, 3.8) is 0 Å². The number of thiazole rings is 1. The number of halogens is 4. The summed E-state index contributed by atoms with van der Waals surface area (Å²) in [4.78, 5) is 16.6. The molecule has 1 heterocycles. The zero-order valence-corrected chi connectivity index (χ0v) is 18.4. The van der Waals surface area contributed by atoms with Gasteiger partial charge < -0.3 is 15.4 Å². The lowest BCUT2D eigenvalue weighted by molar-refractivity contribution is -0.137. The monoisotopic (exact) mass is 471 g/mol. The fourth-order valence-electron chi connectivity index (χ4n) is 2.43. The van der Waals surface area contributed by atoms with E-state index in [4.69, 9.17) is 16.3 Å². The van der Waals surface area contributed by atoms with Crippen LogP contribution >= 0.6 is 22.9 Å². The fraction of sp³-hybridized carbons (Fsp3) is 0.238. The Morgan fingerprint density at radius 1 is 1.35 bits per heavy atom. The molecule has 31 heavy (non-hydrogen) atoms. The predicted octanol–water partition coefficient (Wildman–Crippen LogP) is 6.23. The van der Waals surface area contributed by atoms with Crippen LogP contribution in [0.15, 0.2) is 59.8 Å². The number of benzene rings is 1. The number of hydrogen-bond donors (Lipinski definition) is 2. The molecule has 0 bridgehead atoms. The SMILES string of the molecule is C=C/C(=C\C=C(/CC)NC(=O)Cc1csc(Nc2ccc(Cl)c(C(F)(F)F)c2)n1)OC. The molecular weight excluding hydrogens is 451 g/mol. The van der Waals surface area contributed by atoms with Crippen LogP contribution in [0.3, 0.4) is 0 Å². The Bertz CT molecular complexity index is 1000. The van der Waals surface area contributed by atoms with Crippen molar-refractivity contribution in [3.05, 3.63) is 76.1 Å². The van der Waals surface area contributed by atoms with Crippen molar-refractivity contribution in [1.29, 1.82) is 0 Å². The Hall–Kier alpha value is -2.78. The van der Waals surface area contributed by atoms with E-state index in [0.29, 0.717) is 28.7 Å². The molecule has 10 heteroatoms. The van der Waals surface area contributed by atoms with Crippen LogP contribution in [0.4, 0.5) is 24.0 Å². The number of allylic oxidation sites excluding steroid dienone is 4. The van der Waals surface area contributed by atoms with Gasteiger partial charge in [0.15, 0.2) is 5.13 Å². The standard InChI is InChI=1S/C21H21ClF3N3O2S/c1-4-13(6-8-16(5-2)30-3)26-19(29)11-15-12-31-20(28-15)27-14-7-9-18(22)17(10-14)21(23,24)25/h5-10,12H,2,4,11H2,1,3H3,(H,26,29)(H,27,28)/b13-6+,16-8+. The number of anilines is 2. The van der Waals surface area contributed by atoms with E-state index in [2.05, 4.69) is 22.2 Å². The maximum atomic E-state index is 13.0. The minimum atomic E-state index is -4.56. The highest BCUT2D eigenvalue weighted by Crippen LogP contribution is 2.36. The molecule has 5 nitrogen and oxygen atoms in total. The molecule has 0 fully saturated rings. The predicted molar refractivity (Wildman–Crippen MR) is 117 cm³/mol. The molecule has 2 N–H and O–H groups in total. The van der Waals surface area contributed by atoms with Gasteiger partial charge in [-0.3, -0.25) is 4.79 Å². The summed E-state index contributed by atoms with van der Waals surface area (Å²) in [5.74, 6) is 0.299. The molecule has 0 aliphatic heterocycles. The zero-order chi connectivity index (χ0) is 23.0. The first-order chi connectivity index (χ1) is 14.7. The molecule has 0 aliphatic carbocycles. The van der Waals surface area contributed by atoms with Gasteiger partial charge in [0.1, 0.15) is 5.76 Å². The van der Waals surface area contributed by atoms with Gasteiger partial charge in [-0.15, -0.1) is 11.3 Å². The van der Waals surface area contributed by atoms with Crippen molar-refractivity contribution in [3.8, 4) is 0 Å². The van der Waals surface area contributed by atoms with Crippen LogP contribution in [-0.4, -0.2) is 18.0 Å². The van der Waals surface area contributed by atoms with Crippen LogP contribution in [0.5, 0.6) is 0 Å². The lowest BCUT2D eigenvalue weighted by atomic mass is 10.2. The third-order valence-corrected chi connectivity index (χ3v) is 5.12. The van der Waals surface area contributed by atoms with Crippen LogP contribution < -0.4 is 10.6 Å². The van der Waals surface area contributed by atoms with Gasteiger partial charge in [0.25, 0.3) is 0 Å². The van der Waals surface area contributed by atoms with Crippen molar-refractivity contribution < 1.29 is 22.7 Å². The summed E-state index contributed by atoms with van der Waals surface area (Å²) in [7, 11) is 1.52. The Morgan fingerprint density at radius 3 is 2.71 bits per heavy atom. The van der Waals surface area contributed by atoms with E-state index in [9.17, 15) is 18.0 Å². The molecule has 0 atom stereocenters. The van der Waals surface area contributed by atoms with E-state index in [0.717, 1.165) is 6.07 Å². The van der Waals surface area contributed by atoms with Gasteiger partial charge in [-0.1, -0.05) is 25.1 Å². The van der Waals surface area contributed by atoms with E-state index in [-0.39, 0.29) is 23.0 Å². The van der Waals surface area contributed by atoms with Crippen molar-refractivity contribution >= 4 is 39.7 Å². The third-order valence-electron chi connectivity index (χ3n) is 3.98. The number of nitrogens with one attached hydrogen (secondary N) is 2. The van der Waals surface area contributed by atoms with Gasteiger partial charge in [0.2, 0.25) is 5.91 Å². The molecule has 0 unspecified atom stereocenters. The Kier molecular flexibility index (Phi) is 8.70. The number of aromatic nitrogens is 1. The second-order valence-electron chi connectivity index (χ2n) is 6.21. The first-order valence-electron chi connectivity index (χ1n) is 9.11. The minimum absolute atomic E-state index is 0.0201. The molecule has 0 spiro atoms. The first kappa shape index (κ1) is 24.5. The zero-order valence-electron chi connectivity index (χ0n) is 16.8. The molecule has 0 radical (unpaired) electrons. The van der Waals surface area contributed by atoms with Crippen LogP contribution in [0.2, 0.25) is 5.02 Å². The summed E-state index contributed by atoms with van der Waals surface area (Å²) >= 11 is 6.81. The third kappa shape index (κ3) is 7.45. The van der Waals surface area contributed by atoms with Gasteiger partial charge in [0, 0.05) is 16.8 Å². The molecule has 0 saturated heterocycles. The number of ether oxygens (including phenoxy) is 1. The van der Waals surface area contributed by atoms with Gasteiger partial charge >= 0.3 is 6.18 Å². The number of methoxy groups -OCH3 is 1. The average molecular weight is 472 g/mol. The summed E-state index contributed by atoms with van der Waals surface area (Å²) < 4.78 is 44.1. The Labute approximate surface area is 187 Å². The van der Waals surface area contributed by atoms with Crippen LogP contribution in [0, 0.1) is 0 Å². The van der Waals surface area contributed by atoms with E-state index < -0.39 is 11.7 Å². The number of nitrogens with zero attached hydrogens (tertiary/aromatic N) is 1. The van der Waals surface area contributed by atoms with Crippen LogP contribution in [-0.2, 0) is 22.1 Å². The van der Waals surface area contributed by atoms with Gasteiger partial charge in [-0.05, 0) is 42.8 Å². The number of carbonyl (C=O) groups excluding carboxylic acids is 1. The minimum Gasteiger partial charge on any atom is -0.497 e. The molecule has 1 amide bonds. The summed E-state index contributed by atoms with van der Waals surface area (Å²) in [6.45, 7) is 5.52. The summed E-state index contributed by atoms with van der Waals surface area (Å²) in [5.41, 5.74) is 0.443. The Balaban J connectivity index is 2.03. The number of alkyl halides is 3. The molecule has 0 saturated carbocycles. The second kappa shape index (κ2) is 11.0. The fourth-order valence-corrected chi connectivity index (χ4v) is 3.38. The molecule has 166 valence electrons. The van der Waals surface area contributed by atoms with E-state index in [1.165, 1.54) is 30.6 Å². The number of carbonyl (C=O) groups is 1. The lowest BCUT2D eigenvalue weighted by Gasteiger charge is -2.11. The van der Waals surface area contributed by atoms with Crippen LogP contribution in [0.1, 0.15) is 24.6 Å². The van der Waals surface area contributed by atoms with Crippen molar-refractivity contribution in [2.45, 2.75) is 25.9 Å². The average Bonchev–Trinajstić information content (AvgIpc) is 3.14. The quantitative estimate of drug-likeness (QED) is 0.336. The van der Waals surface area contributed by atoms with E-state index in [1.807, 2.05) is 6.92 Å². The topological polar surface area (TPSA) is 63.2 Å². The Morgan fingerprint density at radius 2 is 2.10 bits per heavy atom. The van der Waals surface area contributed by atoms with E-state index >= 15 is 0 Å². The maximum Gasteiger partial charge on any atom is 0.417 e. The molecular formula is C21H21ClF3N3O2S. The van der Waals surface area contributed by atoms with E-state index in [1.54, 1.807) is 23.6 Å². The largest absolute Gasteiger partial charge is 0.497 e. The highest BCUT2D eigenvalue weighted by molar-refractivity contribution is 7.13. The van der Waals surface area contributed by atoms with Crippen LogP contribution in [0.25, 0.3) is 0 Å². The molecule has 0 aliphatic rings. The van der Waals surface area contributed by atoms with Gasteiger partial charge in [-0.25, -0.2) is 4.98 Å². The summed E-state index contributed by atoms with van der Waals surface area (Å²) in [6.07, 6.45) is 1.03. The summed E-state index contributed by atoms with van der Waals surface area (Å²) in [5, 5.41) is 7.26. The van der Waals surface area contributed by atoms with Gasteiger partial charge in [-0.2, -0.15) is 13.2 Å².